The molecule has 76 valence electrons. The molecule has 2 N–H and O–H groups in total. The molecule has 0 aromatic heterocycles. The Kier molecular flexibility index (Phi) is 2.97. The molecule has 0 saturated heterocycles. The maximum absolute atomic E-state index is 6.03. The van der Waals surface area contributed by atoms with Crippen LogP contribution in [0.25, 0.3) is 0 Å². The van der Waals surface area contributed by atoms with E-state index in [-0.39, 0.29) is 6.04 Å². The Morgan fingerprint density at radius 3 is 3.07 bits per heavy atom. The van der Waals surface area contributed by atoms with Gasteiger partial charge in [0.1, 0.15) is 5.75 Å². The predicted molar refractivity (Wildman–Crippen MR) is 65.6 cm³/mol. The van der Waals surface area contributed by atoms with Gasteiger partial charge in [-0.05, 0) is 65.6 Å². The third kappa shape index (κ3) is 1.75. The molecule has 0 fully saturated rings. The normalized spacial score (nSPS) is 19.5. The smallest absolute Gasteiger partial charge is 0.120 e. The number of rotatable bonds is 2. The fourth-order valence-corrected chi connectivity index (χ4v) is 3.03. The number of fused-ring (bicyclic) bond motifs is 1. The van der Waals surface area contributed by atoms with Crippen molar-refractivity contribution in [3.63, 3.8) is 0 Å². The number of hydrogen-bond acceptors (Lipinski definition) is 2. The Morgan fingerprint density at radius 1 is 1.57 bits per heavy atom. The van der Waals surface area contributed by atoms with Crippen molar-refractivity contribution in [2.45, 2.75) is 25.8 Å². The number of aryl methyl sites for hydroxylation is 1. The zero-order chi connectivity index (χ0) is 10.1. The molecule has 1 aromatic carbocycles. The Hall–Kier alpha value is -0.290. The molecule has 3 heteroatoms. The minimum atomic E-state index is 0.229. The third-order valence-electron chi connectivity index (χ3n) is 2.60. The van der Waals surface area contributed by atoms with Gasteiger partial charge in [0, 0.05) is 9.61 Å². The maximum Gasteiger partial charge on any atom is 0.120 e. The van der Waals surface area contributed by atoms with Crippen molar-refractivity contribution in [2.24, 2.45) is 5.73 Å². The summed E-state index contributed by atoms with van der Waals surface area (Å²) in [6.45, 7) is 2.73. The standard InChI is InChI=1S/C11H14INO/c1-2-14-8-5-7-3-4-10(13)11(7)9(12)6-8/h5-6,10H,2-4,13H2,1H3/t10-/m1/s1. The second kappa shape index (κ2) is 4.06. The molecular weight excluding hydrogens is 289 g/mol. The van der Waals surface area contributed by atoms with Crippen LogP contribution < -0.4 is 10.5 Å². The van der Waals surface area contributed by atoms with E-state index in [9.17, 15) is 0 Å². The molecule has 0 amide bonds. The molecule has 0 saturated carbocycles. The van der Waals surface area contributed by atoms with E-state index >= 15 is 0 Å². The van der Waals surface area contributed by atoms with E-state index in [1.165, 1.54) is 14.7 Å². The molecule has 2 nitrogen and oxygen atoms in total. The van der Waals surface area contributed by atoms with Gasteiger partial charge in [-0.15, -0.1) is 0 Å². The summed E-state index contributed by atoms with van der Waals surface area (Å²) in [4.78, 5) is 0. The molecule has 1 aromatic rings. The molecule has 1 atom stereocenters. The van der Waals surface area contributed by atoms with Gasteiger partial charge in [-0.25, -0.2) is 0 Å². The lowest BCUT2D eigenvalue weighted by Crippen LogP contribution is -2.07. The van der Waals surface area contributed by atoms with Crippen molar-refractivity contribution in [3.05, 3.63) is 26.8 Å². The first-order valence-electron chi connectivity index (χ1n) is 4.93. The van der Waals surface area contributed by atoms with Gasteiger partial charge in [-0.3, -0.25) is 0 Å². The fraction of sp³-hybridized carbons (Fsp3) is 0.455. The first-order valence-corrected chi connectivity index (χ1v) is 6.01. The lowest BCUT2D eigenvalue weighted by atomic mass is 10.1. The Bertz CT molecular complexity index is 351. The lowest BCUT2D eigenvalue weighted by Gasteiger charge is -2.10. The highest BCUT2D eigenvalue weighted by atomic mass is 127. The molecule has 1 aliphatic rings. The zero-order valence-corrected chi connectivity index (χ0v) is 10.4. The highest BCUT2D eigenvalue weighted by Gasteiger charge is 2.22. The Balaban J connectivity index is 2.41. The quantitative estimate of drug-likeness (QED) is 0.853. The summed E-state index contributed by atoms with van der Waals surface area (Å²) in [6, 6.07) is 4.44. The summed E-state index contributed by atoms with van der Waals surface area (Å²) in [6.07, 6.45) is 2.16. The lowest BCUT2D eigenvalue weighted by molar-refractivity contribution is 0.339. The summed E-state index contributed by atoms with van der Waals surface area (Å²) in [5, 5.41) is 0. The molecule has 0 aliphatic heterocycles. The van der Waals surface area contributed by atoms with Gasteiger partial charge < -0.3 is 10.5 Å². The molecule has 0 unspecified atom stereocenters. The number of benzene rings is 1. The molecule has 0 heterocycles. The second-order valence-electron chi connectivity index (χ2n) is 3.56. The van der Waals surface area contributed by atoms with Gasteiger partial charge in [0.25, 0.3) is 0 Å². The second-order valence-corrected chi connectivity index (χ2v) is 4.72. The average Bonchev–Trinajstić information content (AvgIpc) is 2.48. The van der Waals surface area contributed by atoms with Gasteiger partial charge in [0.05, 0.1) is 6.61 Å². The maximum atomic E-state index is 6.03. The van der Waals surface area contributed by atoms with E-state index in [2.05, 4.69) is 34.7 Å². The first kappa shape index (κ1) is 10.2. The van der Waals surface area contributed by atoms with Crippen molar-refractivity contribution >= 4 is 22.6 Å². The number of nitrogens with two attached hydrogens (primary N) is 1. The largest absolute Gasteiger partial charge is 0.494 e. The average molecular weight is 303 g/mol. The van der Waals surface area contributed by atoms with Crippen LogP contribution in [0.4, 0.5) is 0 Å². The van der Waals surface area contributed by atoms with E-state index < -0.39 is 0 Å². The number of halogens is 1. The van der Waals surface area contributed by atoms with E-state index in [4.69, 9.17) is 10.5 Å². The van der Waals surface area contributed by atoms with E-state index in [0.29, 0.717) is 0 Å². The van der Waals surface area contributed by atoms with Gasteiger partial charge in [0.15, 0.2) is 0 Å². The van der Waals surface area contributed by atoms with E-state index in [0.717, 1.165) is 25.2 Å². The van der Waals surface area contributed by atoms with Crippen LogP contribution in [-0.2, 0) is 6.42 Å². The summed E-state index contributed by atoms with van der Waals surface area (Å²) in [5.41, 5.74) is 8.72. The Labute approximate surface area is 98.0 Å². The molecular formula is C11H14INO. The van der Waals surface area contributed by atoms with E-state index in [1.807, 2.05) is 6.92 Å². The van der Waals surface area contributed by atoms with Crippen molar-refractivity contribution in [2.75, 3.05) is 6.61 Å². The topological polar surface area (TPSA) is 35.2 Å². The highest BCUT2D eigenvalue weighted by Crippen LogP contribution is 2.35. The fourth-order valence-electron chi connectivity index (χ4n) is 1.97. The van der Waals surface area contributed by atoms with Crippen LogP contribution in [0, 0.1) is 3.57 Å². The Morgan fingerprint density at radius 2 is 2.36 bits per heavy atom. The van der Waals surface area contributed by atoms with Gasteiger partial charge in [0.2, 0.25) is 0 Å². The van der Waals surface area contributed by atoms with Gasteiger partial charge >= 0.3 is 0 Å². The summed E-state index contributed by atoms with van der Waals surface area (Å²) in [7, 11) is 0. The van der Waals surface area contributed by atoms with Gasteiger partial charge in [-0.2, -0.15) is 0 Å². The summed E-state index contributed by atoms with van der Waals surface area (Å²) in [5.74, 6) is 0.977. The predicted octanol–water partition coefficient (Wildman–Crippen LogP) is 2.64. The van der Waals surface area contributed by atoms with Crippen LogP contribution in [0.2, 0.25) is 0 Å². The molecule has 2 rings (SSSR count). The molecule has 1 aliphatic carbocycles. The van der Waals surface area contributed by atoms with Crippen molar-refractivity contribution in [3.8, 4) is 5.75 Å². The zero-order valence-electron chi connectivity index (χ0n) is 8.22. The minimum absolute atomic E-state index is 0.229. The van der Waals surface area contributed by atoms with Crippen LogP contribution in [-0.4, -0.2) is 6.61 Å². The van der Waals surface area contributed by atoms with Crippen LogP contribution >= 0.6 is 22.6 Å². The highest BCUT2D eigenvalue weighted by molar-refractivity contribution is 14.1. The number of ether oxygens (including phenoxy) is 1. The third-order valence-corrected chi connectivity index (χ3v) is 3.49. The molecule has 0 spiro atoms. The van der Waals surface area contributed by atoms with Crippen molar-refractivity contribution in [1.29, 1.82) is 0 Å². The van der Waals surface area contributed by atoms with E-state index in [1.54, 1.807) is 0 Å². The molecule has 0 radical (unpaired) electrons. The minimum Gasteiger partial charge on any atom is -0.494 e. The van der Waals surface area contributed by atoms with Crippen molar-refractivity contribution < 1.29 is 4.74 Å². The first-order chi connectivity index (χ1) is 6.72. The van der Waals surface area contributed by atoms with Crippen LogP contribution in [0.1, 0.15) is 30.5 Å². The SMILES string of the molecule is CCOc1cc(I)c2c(c1)CC[C@H]2N. The van der Waals surface area contributed by atoms with Crippen LogP contribution in [0.5, 0.6) is 5.75 Å². The summed E-state index contributed by atoms with van der Waals surface area (Å²) < 4.78 is 6.75. The molecule has 0 bridgehead atoms. The van der Waals surface area contributed by atoms with Crippen molar-refractivity contribution in [1.82, 2.24) is 0 Å². The number of hydrogen-bond donors (Lipinski definition) is 1. The van der Waals surface area contributed by atoms with Crippen LogP contribution in [0.3, 0.4) is 0 Å². The molecule has 14 heavy (non-hydrogen) atoms. The monoisotopic (exact) mass is 303 g/mol. The van der Waals surface area contributed by atoms with Gasteiger partial charge in [-0.1, -0.05) is 0 Å². The van der Waals surface area contributed by atoms with Crippen LogP contribution in [0.15, 0.2) is 12.1 Å². The summed E-state index contributed by atoms with van der Waals surface area (Å²) >= 11 is 2.35.